The van der Waals surface area contributed by atoms with Gasteiger partial charge in [-0.15, -0.1) is 0 Å². The Labute approximate surface area is 466 Å². The molecule has 0 aromatic heterocycles. The molecule has 1 N–H and O–H groups in total. The van der Waals surface area contributed by atoms with Crippen molar-refractivity contribution < 1.29 is 28.4 Å². The molecule has 6 aromatic rings. The predicted octanol–water partition coefficient (Wildman–Crippen LogP) is 21.0. The van der Waals surface area contributed by atoms with Gasteiger partial charge in [-0.1, -0.05) is 140 Å². The third-order valence-electron chi connectivity index (χ3n) is 20.6. The highest BCUT2D eigenvalue weighted by Gasteiger charge is 2.42. The average Bonchev–Trinajstić information content (AvgIpc) is 3.68. The van der Waals surface area contributed by atoms with Crippen LogP contribution in [0.4, 0.5) is 11.4 Å². The normalized spacial score (nSPS) is 21.2. The number of fused-ring (bicyclic) bond motifs is 7. The van der Waals surface area contributed by atoms with Crippen LogP contribution in [-0.2, 0) is 4.57 Å². The van der Waals surface area contributed by atoms with Crippen LogP contribution in [0.3, 0.4) is 0 Å². The van der Waals surface area contributed by atoms with Crippen molar-refractivity contribution in [3.05, 3.63) is 126 Å². The van der Waals surface area contributed by atoms with E-state index < -0.39 is 7.82 Å². The summed E-state index contributed by atoms with van der Waals surface area (Å²) in [5.74, 6) is 2.39. The predicted molar refractivity (Wildman–Crippen MR) is 317 cm³/mol. The van der Waals surface area contributed by atoms with Crippen LogP contribution in [0.2, 0.25) is 0 Å². The summed E-state index contributed by atoms with van der Waals surface area (Å²) in [6, 6.07) is 23.9. The van der Waals surface area contributed by atoms with Crippen LogP contribution >= 0.6 is 7.82 Å². The number of hydrogen-bond acceptors (Lipinski definition) is 7. The number of phosphoric acid groups is 1. The molecule has 0 amide bonds. The molecular formula is C68H79N2O8P. The Bertz CT molecular complexity index is 3070. The fraction of sp³-hybridized carbons (Fsp3) is 0.529. The Morgan fingerprint density at radius 2 is 0.658 bits per heavy atom. The Hall–Kier alpha value is -5.57. The van der Waals surface area contributed by atoms with Crippen molar-refractivity contribution in [2.45, 2.75) is 228 Å². The molecule has 0 atom stereocenters. The number of rotatable bonds is 10. The highest BCUT2D eigenvalue weighted by molar-refractivity contribution is 7.48. The molecule has 0 radical (unpaired) electrons. The van der Waals surface area contributed by atoms with Crippen molar-refractivity contribution in [1.82, 2.24) is 0 Å². The summed E-state index contributed by atoms with van der Waals surface area (Å²) in [6.45, 7) is 0. The third-order valence-corrected chi connectivity index (χ3v) is 21.4. The lowest BCUT2D eigenvalue weighted by Gasteiger charge is -2.33. The highest BCUT2D eigenvalue weighted by atomic mass is 31.2. The van der Waals surface area contributed by atoms with Gasteiger partial charge in [0.05, 0.1) is 9.85 Å². The molecule has 0 spiro atoms. The lowest BCUT2D eigenvalue weighted by Crippen LogP contribution is -2.14. The van der Waals surface area contributed by atoms with E-state index in [9.17, 15) is 25.1 Å². The molecule has 1 aliphatic heterocycles. The molecule has 0 saturated heterocycles. The van der Waals surface area contributed by atoms with Crippen LogP contribution in [0.1, 0.15) is 262 Å². The molecule has 13 rings (SSSR count). The van der Waals surface area contributed by atoms with E-state index in [2.05, 4.69) is 24.3 Å². The number of non-ortho nitro benzene ring substituents is 2. The zero-order valence-corrected chi connectivity index (χ0v) is 47.1. The Kier molecular flexibility index (Phi) is 15.0. The van der Waals surface area contributed by atoms with E-state index >= 15 is 4.57 Å². The number of nitro benzene ring substituents is 2. The lowest BCUT2D eigenvalue weighted by molar-refractivity contribution is -0.384. The first-order valence-corrected chi connectivity index (χ1v) is 32.7. The van der Waals surface area contributed by atoms with E-state index in [1.54, 1.807) is 24.3 Å². The van der Waals surface area contributed by atoms with Crippen molar-refractivity contribution >= 4 is 40.7 Å². The molecule has 6 aromatic carbocycles. The number of phosphoric ester groups is 1. The first-order chi connectivity index (χ1) is 38.6. The summed E-state index contributed by atoms with van der Waals surface area (Å²) >= 11 is 0. The largest absolute Gasteiger partial charge is 0.584 e. The standard InChI is InChI=1S/C68H79N2O8P/c71-69(72)53-31-33-55-51(35-53)41-61(63-57(45-23-11-3-12-24-45)37-49(43-19-7-1-8-20-43)38-58(63)46-25-13-4-14-26-46)67-65(55)66-56-34-32-54(70(73)74)36-52(56)42-62(68(66)78-79(75,76)77-67)64-59(47-27-15-5-16-28-47)39-50(44-21-9-2-10-22-44)40-60(64)48-29-17-6-18-30-48/h31-48H,1-30H2,(H,75,76). The maximum atomic E-state index is 15.7. The average molecular weight is 1080 g/mol. The molecule has 6 saturated carbocycles. The smallest absolute Gasteiger partial charge is 0.394 e. The lowest BCUT2D eigenvalue weighted by atomic mass is 9.71. The van der Waals surface area contributed by atoms with Gasteiger partial charge in [0, 0.05) is 46.5 Å². The fourth-order valence-corrected chi connectivity index (χ4v) is 17.5. The van der Waals surface area contributed by atoms with Gasteiger partial charge in [0.2, 0.25) is 0 Å². The van der Waals surface area contributed by atoms with Crippen molar-refractivity contribution in [2.24, 2.45) is 0 Å². The van der Waals surface area contributed by atoms with Crippen molar-refractivity contribution in [2.75, 3.05) is 0 Å². The van der Waals surface area contributed by atoms with Gasteiger partial charge in [0.1, 0.15) is 11.5 Å². The Morgan fingerprint density at radius 3 is 0.937 bits per heavy atom. The highest BCUT2D eigenvalue weighted by Crippen LogP contribution is 2.64. The van der Waals surface area contributed by atoms with Gasteiger partial charge in [-0.25, -0.2) is 4.57 Å². The number of benzene rings is 6. The zero-order chi connectivity index (χ0) is 53.8. The minimum absolute atomic E-state index is 0.0496. The molecule has 0 unspecified atom stereocenters. The van der Waals surface area contributed by atoms with E-state index in [4.69, 9.17) is 9.05 Å². The summed E-state index contributed by atoms with van der Waals surface area (Å²) in [5, 5.41) is 28.3. The van der Waals surface area contributed by atoms with Crippen molar-refractivity contribution in [3.63, 3.8) is 0 Å². The summed E-state index contributed by atoms with van der Waals surface area (Å²) in [6.07, 6.45) is 34.1. The first kappa shape index (κ1) is 52.8. The Morgan fingerprint density at radius 1 is 0.380 bits per heavy atom. The van der Waals surface area contributed by atoms with Crippen LogP contribution in [0.5, 0.6) is 11.5 Å². The van der Waals surface area contributed by atoms with Crippen LogP contribution in [0.25, 0.3) is 54.9 Å². The molecular weight excluding hydrogens is 1000 g/mol. The van der Waals surface area contributed by atoms with Crippen LogP contribution < -0.4 is 9.05 Å². The minimum Gasteiger partial charge on any atom is -0.394 e. The van der Waals surface area contributed by atoms with Crippen molar-refractivity contribution in [3.8, 4) is 44.9 Å². The van der Waals surface area contributed by atoms with Crippen LogP contribution in [-0.4, -0.2) is 14.7 Å². The van der Waals surface area contributed by atoms with E-state index in [1.165, 1.54) is 110 Å². The third kappa shape index (κ3) is 10.3. The maximum Gasteiger partial charge on any atom is 0.584 e. The van der Waals surface area contributed by atoms with E-state index in [0.29, 0.717) is 55.6 Å². The van der Waals surface area contributed by atoms with Crippen molar-refractivity contribution in [1.29, 1.82) is 0 Å². The SMILES string of the molecule is O=[N+]([O-])c1ccc2c3c(c(-c4c(C5CCCCC5)cc(C5CCCCC5)cc4C4CCCCC4)cc2c1)OP(=O)(O)Oc1c(-c2c(C4CCCCC4)cc(C4CCCCC4)cc2C2CCCCC2)cc2cc([N+](=O)[O-])ccc2c1-3. The van der Waals surface area contributed by atoms with Gasteiger partial charge in [0.15, 0.2) is 0 Å². The van der Waals surface area contributed by atoms with Gasteiger partial charge < -0.3 is 9.05 Å². The molecule has 6 aliphatic carbocycles. The molecule has 414 valence electrons. The van der Waals surface area contributed by atoms with Crippen LogP contribution in [0.15, 0.2) is 72.8 Å². The first-order valence-electron chi connectivity index (χ1n) is 31.2. The number of hydrogen-bond donors (Lipinski definition) is 1. The van der Waals surface area contributed by atoms with E-state index in [0.717, 1.165) is 140 Å². The quantitative estimate of drug-likeness (QED) is 0.0812. The van der Waals surface area contributed by atoms with Gasteiger partial charge in [-0.05, 0) is 203 Å². The second kappa shape index (κ2) is 22.4. The summed E-state index contributed by atoms with van der Waals surface area (Å²) in [4.78, 5) is 37.9. The van der Waals surface area contributed by atoms with E-state index in [-0.39, 0.29) is 56.4 Å². The monoisotopic (exact) mass is 1080 g/mol. The fourth-order valence-electron chi connectivity index (χ4n) is 16.6. The summed E-state index contributed by atoms with van der Waals surface area (Å²) in [5.41, 5.74) is 12.2. The minimum atomic E-state index is -5.06. The maximum absolute atomic E-state index is 15.7. The van der Waals surface area contributed by atoms with Gasteiger partial charge >= 0.3 is 7.82 Å². The zero-order valence-electron chi connectivity index (χ0n) is 46.3. The number of nitro groups is 2. The van der Waals surface area contributed by atoms with Crippen LogP contribution in [0, 0.1) is 20.2 Å². The second-order valence-electron chi connectivity index (χ2n) is 25.4. The van der Waals surface area contributed by atoms with E-state index in [1.807, 2.05) is 12.1 Å². The number of nitrogens with zero attached hydrogens (tertiary/aromatic N) is 2. The molecule has 79 heavy (non-hydrogen) atoms. The summed E-state index contributed by atoms with van der Waals surface area (Å²) in [7, 11) is -5.06. The molecule has 0 bridgehead atoms. The topological polar surface area (TPSA) is 142 Å². The van der Waals surface area contributed by atoms with Gasteiger partial charge in [0.25, 0.3) is 11.4 Å². The Balaban J connectivity index is 1.17. The molecule has 7 aliphatic rings. The molecule has 1 heterocycles. The molecule has 6 fully saturated rings. The van der Waals surface area contributed by atoms with Gasteiger partial charge in [-0.2, -0.15) is 0 Å². The second-order valence-corrected chi connectivity index (χ2v) is 26.7. The van der Waals surface area contributed by atoms with Gasteiger partial charge in [-0.3, -0.25) is 25.1 Å². The molecule has 10 nitrogen and oxygen atoms in total. The molecule has 11 heteroatoms. The summed E-state index contributed by atoms with van der Waals surface area (Å²) < 4.78 is 29.4.